The van der Waals surface area contributed by atoms with Gasteiger partial charge in [0.05, 0.1) is 6.10 Å². The molecule has 0 amide bonds. The average Bonchev–Trinajstić information content (AvgIpc) is 2.74. The van der Waals surface area contributed by atoms with Gasteiger partial charge in [0.15, 0.2) is 0 Å². The van der Waals surface area contributed by atoms with Crippen LogP contribution in [0.1, 0.15) is 19.3 Å². The highest BCUT2D eigenvalue weighted by molar-refractivity contribution is 7.48. The Labute approximate surface area is 99.1 Å². The summed E-state index contributed by atoms with van der Waals surface area (Å²) in [5, 5.41) is 1.27. The van der Waals surface area contributed by atoms with E-state index in [0.29, 0.717) is 8.58 Å². The Morgan fingerprint density at radius 2 is 2.00 bits per heavy atom. The summed E-state index contributed by atoms with van der Waals surface area (Å²) in [4.78, 5) is 0. The molecule has 0 N–H and O–H groups in total. The summed E-state index contributed by atoms with van der Waals surface area (Å²) in [7, 11) is 4.27. The molecule has 1 aliphatic carbocycles. The van der Waals surface area contributed by atoms with Crippen LogP contribution in [0.5, 0.6) is 0 Å². The minimum Gasteiger partial charge on any atom is -0.378 e. The predicted molar refractivity (Wildman–Crippen MR) is 68.8 cm³/mol. The van der Waals surface area contributed by atoms with Crippen LogP contribution < -0.4 is 5.30 Å². The zero-order valence-corrected chi connectivity index (χ0v) is 10.9. The zero-order valence-electron chi connectivity index (χ0n) is 9.90. The molecule has 16 heavy (non-hydrogen) atoms. The van der Waals surface area contributed by atoms with Gasteiger partial charge in [0.1, 0.15) is 5.34 Å². The quantitative estimate of drug-likeness (QED) is 0.750. The average molecular weight is 238 g/mol. The lowest BCUT2D eigenvalue weighted by atomic mass is 10.2. The maximum atomic E-state index is 5.79. The first kappa shape index (κ1) is 12.0. The summed E-state index contributed by atoms with van der Waals surface area (Å²) in [5.41, 5.74) is 0. The molecule has 1 aromatic rings. The fourth-order valence-electron chi connectivity index (χ4n) is 2.45. The Hall–Kier alpha value is -0.430. The molecule has 0 aliphatic heterocycles. The minimum atomic E-state index is -0.0872. The standard InChI is InChI=1S/C13H19O2P/c1-14-12-9-6-10-13(12,15-2)16-11-7-4-3-5-8-11/h3-5,7-8,12,16H,6,9-10H2,1-2H3. The van der Waals surface area contributed by atoms with E-state index in [1.165, 1.54) is 11.7 Å². The molecule has 3 heteroatoms. The van der Waals surface area contributed by atoms with Crippen LogP contribution in [0, 0.1) is 0 Å². The smallest absolute Gasteiger partial charge is 0.114 e. The Balaban J connectivity index is 2.16. The van der Waals surface area contributed by atoms with E-state index in [0.717, 1.165) is 12.8 Å². The number of hydrogen-bond acceptors (Lipinski definition) is 2. The molecule has 3 unspecified atom stereocenters. The molecule has 1 aromatic carbocycles. The monoisotopic (exact) mass is 238 g/mol. The van der Waals surface area contributed by atoms with Crippen LogP contribution in [-0.4, -0.2) is 25.7 Å². The molecule has 0 spiro atoms. The second-order valence-corrected chi connectivity index (χ2v) is 5.87. The number of ether oxygens (including phenoxy) is 2. The van der Waals surface area contributed by atoms with E-state index in [4.69, 9.17) is 9.47 Å². The highest BCUT2D eigenvalue weighted by atomic mass is 31.1. The predicted octanol–water partition coefficient (Wildman–Crippen LogP) is 2.53. The van der Waals surface area contributed by atoms with Gasteiger partial charge in [-0.1, -0.05) is 38.9 Å². The SMILES string of the molecule is COC1CCCC1(OC)Pc1ccccc1. The van der Waals surface area contributed by atoms with Gasteiger partial charge in [-0.05, 0) is 24.6 Å². The normalized spacial score (nSPS) is 30.2. The Morgan fingerprint density at radius 3 is 2.62 bits per heavy atom. The van der Waals surface area contributed by atoms with Crippen molar-refractivity contribution in [1.29, 1.82) is 0 Å². The first-order valence-electron chi connectivity index (χ1n) is 5.72. The van der Waals surface area contributed by atoms with Gasteiger partial charge in [-0.3, -0.25) is 0 Å². The van der Waals surface area contributed by atoms with Crippen molar-refractivity contribution in [2.75, 3.05) is 14.2 Å². The van der Waals surface area contributed by atoms with E-state index in [1.54, 1.807) is 7.11 Å². The van der Waals surface area contributed by atoms with Crippen molar-refractivity contribution in [2.24, 2.45) is 0 Å². The van der Waals surface area contributed by atoms with Crippen molar-refractivity contribution in [3.8, 4) is 0 Å². The van der Waals surface area contributed by atoms with Gasteiger partial charge in [-0.25, -0.2) is 0 Å². The third-order valence-electron chi connectivity index (χ3n) is 3.31. The lowest BCUT2D eigenvalue weighted by Gasteiger charge is -2.33. The summed E-state index contributed by atoms with van der Waals surface area (Å²) < 4.78 is 11.4. The van der Waals surface area contributed by atoms with Crippen LogP contribution in [0.3, 0.4) is 0 Å². The van der Waals surface area contributed by atoms with E-state index in [-0.39, 0.29) is 11.4 Å². The Kier molecular flexibility index (Phi) is 3.96. The Bertz CT molecular complexity index is 328. The van der Waals surface area contributed by atoms with E-state index in [1.807, 2.05) is 7.11 Å². The molecule has 2 rings (SSSR count). The van der Waals surface area contributed by atoms with Gasteiger partial charge in [-0.2, -0.15) is 0 Å². The van der Waals surface area contributed by atoms with Crippen molar-refractivity contribution in [3.05, 3.63) is 30.3 Å². The Morgan fingerprint density at radius 1 is 1.25 bits per heavy atom. The van der Waals surface area contributed by atoms with Crippen molar-refractivity contribution in [2.45, 2.75) is 30.7 Å². The second-order valence-electron chi connectivity index (χ2n) is 4.20. The minimum absolute atomic E-state index is 0.0872. The maximum Gasteiger partial charge on any atom is 0.114 e. The molecule has 3 atom stereocenters. The summed E-state index contributed by atoms with van der Waals surface area (Å²) in [6.45, 7) is 0. The van der Waals surface area contributed by atoms with Crippen LogP contribution >= 0.6 is 8.58 Å². The molecule has 2 nitrogen and oxygen atoms in total. The van der Waals surface area contributed by atoms with Crippen molar-refractivity contribution in [1.82, 2.24) is 0 Å². The molecular formula is C13H19O2P. The molecule has 0 heterocycles. The second kappa shape index (κ2) is 5.27. The highest BCUT2D eigenvalue weighted by Crippen LogP contribution is 2.47. The molecule has 0 aromatic heterocycles. The molecular weight excluding hydrogens is 219 g/mol. The molecule has 0 saturated heterocycles. The topological polar surface area (TPSA) is 18.5 Å². The molecule has 1 aliphatic rings. The third-order valence-corrected chi connectivity index (χ3v) is 5.13. The van der Waals surface area contributed by atoms with Gasteiger partial charge in [0.25, 0.3) is 0 Å². The summed E-state index contributed by atoms with van der Waals surface area (Å²) in [5.74, 6) is 0. The number of hydrogen-bond donors (Lipinski definition) is 0. The van der Waals surface area contributed by atoms with Crippen molar-refractivity contribution >= 4 is 13.9 Å². The van der Waals surface area contributed by atoms with Crippen LogP contribution in [-0.2, 0) is 9.47 Å². The van der Waals surface area contributed by atoms with E-state index >= 15 is 0 Å². The lowest BCUT2D eigenvalue weighted by molar-refractivity contribution is -0.0404. The largest absolute Gasteiger partial charge is 0.378 e. The van der Waals surface area contributed by atoms with Crippen LogP contribution in [0.15, 0.2) is 30.3 Å². The lowest BCUT2D eigenvalue weighted by Crippen LogP contribution is -2.37. The number of methoxy groups -OCH3 is 2. The first-order chi connectivity index (χ1) is 7.80. The van der Waals surface area contributed by atoms with E-state index < -0.39 is 0 Å². The highest BCUT2D eigenvalue weighted by Gasteiger charge is 2.43. The van der Waals surface area contributed by atoms with Gasteiger partial charge in [0, 0.05) is 14.2 Å². The summed E-state index contributed by atoms with van der Waals surface area (Å²) in [6.07, 6.45) is 3.67. The van der Waals surface area contributed by atoms with Crippen molar-refractivity contribution < 1.29 is 9.47 Å². The van der Waals surface area contributed by atoms with Crippen LogP contribution in [0.25, 0.3) is 0 Å². The van der Waals surface area contributed by atoms with E-state index in [9.17, 15) is 0 Å². The van der Waals surface area contributed by atoms with Gasteiger partial charge < -0.3 is 9.47 Å². The molecule has 88 valence electrons. The van der Waals surface area contributed by atoms with Crippen LogP contribution in [0.2, 0.25) is 0 Å². The zero-order chi connectivity index (χ0) is 11.4. The number of rotatable bonds is 4. The fraction of sp³-hybridized carbons (Fsp3) is 0.538. The number of benzene rings is 1. The third kappa shape index (κ3) is 2.29. The maximum absolute atomic E-state index is 5.79. The molecule has 1 fully saturated rings. The molecule has 0 bridgehead atoms. The summed E-state index contributed by atoms with van der Waals surface area (Å²) >= 11 is 0. The van der Waals surface area contributed by atoms with Gasteiger partial charge in [-0.15, -0.1) is 0 Å². The summed E-state index contributed by atoms with van der Waals surface area (Å²) in [6, 6.07) is 10.6. The fourth-order valence-corrected chi connectivity index (χ4v) is 4.12. The van der Waals surface area contributed by atoms with Crippen LogP contribution in [0.4, 0.5) is 0 Å². The van der Waals surface area contributed by atoms with E-state index in [2.05, 4.69) is 30.3 Å². The van der Waals surface area contributed by atoms with Crippen molar-refractivity contribution in [3.63, 3.8) is 0 Å². The van der Waals surface area contributed by atoms with Gasteiger partial charge in [0.2, 0.25) is 0 Å². The molecule has 0 radical (unpaired) electrons. The first-order valence-corrected chi connectivity index (χ1v) is 6.72. The van der Waals surface area contributed by atoms with Gasteiger partial charge >= 0.3 is 0 Å². The molecule has 1 saturated carbocycles.